The fourth-order valence-corrected chi connectivity index (χ4v) is 1.88. The highest BCUT2D eigenvalue weighted by Crippen LogP contribution is 2.03. The van der Waals surface area contributed by atoms with E-state index < -0.39 is 0 Å². The third-order valence-electron chi connectivity index (χ3n) is 2.65. The van der Waals surface area contributed by atoms with E-state index in [0.29, 0.717) is 0 Å². The first-order chi connectivity index (χ1) is 7.34. The van der Waals surface area contributed by atoms with Crippen LogP contribution in [0.5, 0.6) is 0 Å². The molecule has 1 aromatic heterocycles. The average molecular weight is 206 g/mol. The van der Waals surface area contributed by atoms with Crippen molar-refractivity contribution >= 4 is 0 Å². The van der Waals surface area contributed by atoms with Crippen molar-refractivity contribution in [3.05, 3.63) is 23.8 Å². The Morgan fingerprint density at radius 2 is 2.33 bits per heavy atom. The number of aryl methyl sites for hydroxylation is 1. The Morgan fingerprint density at radius 3 is 3.20 bits per heavy atom. The maximum Gasteiger partial charge on any atom is 0.125 e. The topological polar surface area (TPSA) is 41.1 Å². The minimum absolute atomic E-state index is 0.862. The van der Waals surface area contributed by atoms with Crippen molar-refractivity contribution in [3.63, 3.8) is 0 Å². The predicted molar refractivity (Wildman–Crippen MR) is 59.5 cm³/mol. The third kappa shape index (κ3) is 3.25. The molecular weight excluding hydrogens is 188 g/mol. The Bertz CT molecular complexity index is 305. The Hall–Kier alpha value is -1.00. The zero-order chi connectivity index (χ0) is 10.5. The highest BCUT2D eigenvalue weighted by atomic mass is 15.2. The van der Waals surface area contributed by atoms with Crippen LogP contribution in [0.25, 0.3) is 0 Å². The normalized spacial score (nSPS) is 18.7. The Labute approximate surface area is 90.7 Å². The predicted octanol–water partition coefficient (Wildman–Crippen LogP) is 0.580. The van der Waals surface area contributed by atoms with Crippen molar-refractivity contribution in [2.45, 2.75) is 19.9 Å². The molecule has 4 heteroatoms. The number of nitrogens with zero attached hydrogens (tertiary/aromatic N) is 3. The van der Waals surface area contributed by atoms with Crippen LogP contribution >= 0.6 is 0 Å². The molecule has 1 aliphatic rings. The third-order valence-corrected chi connectivity index (χ3v) is 2.65. The van der Waals surface area contributed by atoms with Gasteiger partial charge in [0, 0.05) is 25.8 Å². The lowest BCUT2D eigenvalue weighted by molar-refractivity contribution is 0.280. The first kappa shape index (κ1) is 10.5. The first-order valence-electron chi connectivity index (χ1n) is 5.56. The summed E-state index contributed by atoms with van der Waals surface area (Å²) in [6, 6.07) is 2.01. The fraction of sp³-hybridized carbons (Fsp3) is 0.636. The van der Waals surface area contributed by atoms with Gasteiger partial charge in [0.15, 0.2) is 0 Å². The molecule has 1 saturated heterocycles. The van der Waals surface area contributed by atoms with Crippen molar-refractivity contribution in [1.82, 2.24) is 20.2 Å². The summed E-state index contributed by atoms with van der Waals surface area (Å²) in [7, 11) is 0. The van der Waals surface area contributed by atoms with Gasteiger partial charge >= 0.3 is 0 Å². The van der Waals surface area contributed by atoms with Crippen molar-refractivity contribution < 1.29 is 0 Å². The number of aromatic nitrogens is 2. The van der Waals surface area contributed by atoms with Gasteiger partial charge in [0.2, 0.25) is 0 Å². The highest BCUT2D eigenvalue weighted by Gasteiger charge is 2.09. The molecule has 0 saturated carbocycles. The smallest absolute Gasteiger partial charge is 0.125 e. The summed E-state index contributed by atoms with van der Waals surface area (Å²) in [5.41, 5.74) is 1.13. The molecule has 0 aromatic carbocycles. The van der Waals surface area contributed by atoms with E-state index in [2.05, 4.69) is 20.2 Å². The Balaban J connectivity index is 1.95. The van der Waals surface area contributed by atoms with E-state index >= 15 is 0 Å². The average Bonchev–Trinajstić information content (AvgIpc) is 2.46. The molecule has 0 radical (unpaired) electrons. The molecule has 2 heterocycles. The van der Waals surface area contributed by atoms with Crippen LogP contribution in [0.4, 0.5) is 0 Å². The summed E-state index contributed by atoms with van der Waals surface area (Å²) in [5.74, 6) is 0.862. The van der Waals surface area contributed by atoms with E-state index in [1.165, 1.54) is 6.42 Å². The summed E-state index contributed by atoms with van der Waals surface area (Å²) >= 11 is 0. The summed E-state index contributed by atoms with van der Waals surface area (Å²) in [6.07, 6.45) is 3.07. The van der Waals surface area contributed by atoms with Crippen molar-refractivity contribution in [2.75, 3.05) is 26.2 Å². The molecule has 0 unspecified atom stereocenters. The van der Waals surface area contributed by atoms with Crippen LogP contribution in [-0.4, -0.2) is 41.0 Å². The molecule has 0 atom stereocenters. The van der Waals surface area contributed by atoms with E-state index in [9.17, 15) is 0 Å². The van der Waals surface area contributed by atoms with E-state index in [1.54, 1.807) is 0 Å². The molecule has 1 aromatic rings. The molecule has 0 amide bonds. The molecule has 0 spiro atoms. The van der Waals surface area contributed by atoms with E-state index in [0.717, 1.165) is 44.2 Å². The number of hydrogen-bond acceptors (Lipinski definition) is 4. The van der Waals surface area contributed by atoms with Crippen LogP contribution in [0.2, 0.25) is 0 Å². The highest BCUT2D eigenvalue weighted by molar-refractivity contribution is 5.01. The SMILES string of the molecule is Cc1nccc(CN2CCCNCC2)n1. The molecule has 1 N–H and O–H groups in total. The van der Waals surface area contributed by atoms with Crippen LogP contribution < -0.4 is 5.32 Å². The van der Waals surface area contributed by atoms with Gasteiger partial charge in [-0.2, -0.15) is 0 Å². The van der Waals surface area contributed by atoms with Gasteiger partial charge in [-0.05, 0) is 32.5 Å². The molecular formula is C11H18N4. The van der Waals surface area contributed by atoms with Gasteiger partial charge in [-0.15, -0.1) is 0 Å². The number of nitrogens with one attached hydrogen (secondary N) is 1. The van der Waals surface area contributed by atoms with Gasteiger partial charge < -0.3 is 5.32 Å². The van der Waals surface area contributed by atoms with Crippen LogP contribution in [0.3, 0.4) is 0 Å². The zero-order valence-corrected chi connectivity index (χ0v) is 9.24. The van der Waals surface area contributed by atoms with Gasteiger partial charge in [0.1, 0.15) is 5.82 Å². The zero-order valence-electron chi connectivity index (χ0n) is 9.24. The van der Waals surface area contributed by atoms with Crippen molar-refractivity contribution in [3.8, 4) is 0 Å². The van der Waals surface area contributed by atoms with E-state index in [4.69, 9.17) is 0 Å². The van der Waals surface area contributed by atoms with Crippen LogP contribution in [0.1, 0.15) is 17.9 Å². The van der Waals surface area contributed by atoms with Gasteiger partial charge in [0.05, 0.1) is 5.69 Å². The minimum atomic E-state index is 0.862. The molecule has 1 fully saturated rings. The van der Waals surface area contributed by atoms with E-state index in [-0.39, 0.29) is 0 Å². The largest absolute Gasteiger partial charge is 0.315 e. The molecule has 15 heavy (non-hydrogen) atoms. The molecule has 0 aliphatic carbocycles. The molecule has 1 aliphatic heterocycles. The molecule has 2 rings (SSSR count). The second-order valence-electron chi connectivity index (χ2n) is 3.97. The van der Waals surface area contributed by atoms with Crippen molar-refractivity contribution in [2.24, 2.45) is 0 Å². The van der Waals surface area contributed by atoms with E-state index in [1.807, 2.05) is 19.2 Å². The van der Waals surface area contributed by atoms with Gasteiger partial charge in [0.25, 0.3) is 0 Å². The Kier molecular flexibility index (Phi) is 3.64. The molecule has 82 valence electrons. The standard InChI is InChI=1S/C11H18N4/c1-10-13-5-3-11(14-10)9-15-7-2-4-12-6-8-15/h3,5,12H,2,4,6-9H2,1H3. The summed E-state index contributed by atoms with van der Waals surface area (Å²) in [5, 5.41) is 3.40. The fourth-order valence-electron chi connectivity index (χ4n) is 1.88. The maximum atomic E-state index is 4.42. The lowest BCUT2D eigenvalue weighted by Crippen LogP contribution is -2.28. The first-order valence-corrected chi connectivity index (χ1v) is 5.56. The molecule has 4 nitrogen and oxygen atoms in total. The van der Waals surface area contributed by atoms with Gasteiger partial charge in [-0.3, -0.25) is 4.90 Å². The summed E-state index contributed by atoms with van der Waals surface area (Å²) in [6.45, 7) is 7.39. The quantitative estimate of drug-likeness (QED) is 0.768. The van der Waals surface area contributed by atoms with Crippen molar-refractivity contribution in [1.29, 1.82) is 0 Å². The number of hydrogen-bond donors (Lipinski definition) is 1. The lowest BCUT2D eigenvalue weighted by Gasteiger charge is -2.18. The van der Waals surface area contributed by atoms with Crippen LogP contribution in [-0.2, 0) is 6.54 Å². The monoisotopic (exact) mass is 206 g/mol. The van der Waals surface area contributed by atoms with Gasteiger partial charge in [-0.25, -0.2) is 9.97 Å². The van der Waals surface area contributed by atoms with Crippen LogP contribution in [0, 0.1) is 6.92 Å². The Morgan fingerprint density at radius 1 is 1.40 bits per heavy atom. The second-order valence-corrected chi connectivity index (χ2v) is 3.97. The summed E-state index contributed by atoms with van der Waals surface area (Å²) < 4.78 is 0. The van der Waals surface area contributed by atoms with Gasteiger partial charge in [-0.1, -0.05) is 0 Å². The molecule has 0 bridgehead atoms. The minimum Gasteiger partial charge on any atom is -0.315 e. The second kappa shape index (κ2) is 5.19. The lowest BCUT2D eigenvalue weighted by atomic mass is 10.3. The maximum absolute atomic E-state index is 4.42. The number of rotatable bonds is 2. The van der Waals surface area contributed by atoms with Crippen LogP contribution in [0.15, 0.2) is 12.3 Å². The summed E-state index contributed by atoms with van der Waals surface area (Å²) in [4.78, 5) is 11.0.